The molecule has 1 aromatic heterocycles. The van der Waals surface area contributed by atoms with Crippen LogP contribution in [0.1, 0.15) is 16.8 Å². The fourth-order valence-corrected chi connectivity index (χ4v) is 1.88. The van der Waals surface area contributed by atoms with E-state index >= 15 is 0 Å². The average molecular weight is 267 g/mol. The van der Waals surface area contributed by atoms with Crippen molar-refractivity contribution >= 4 is 0 Å². The molecular formula is C14H12F3NO. The highest BCUT2D eigenvalue weighted by molar-refractivity contribution is 5.64. The molecule has 1 N–H and O–H groups in total. The summed E-state index contributed by atoms with van der Waals surface area (Å²) < 4.78 is 38.3. The van der Waals surface area contributed by atoms with E-state index in [-0.39, 0.29) is 12.3 Å². The molecule has 2 aromatic rings. The Morgan fingerprint density at radius 1 is 1.16 bits per heavy atom. The highest BCUT2D eigenvalue weighted by atomic mass is 19.4. The predicted molar refractivity (Wildman–Crippen MR) is 65.3 cm³/mol. The molecule has 2 rings (SSSR count). The van der Waals surface area contributed by atoms with E-state index in [0.29, 0.717) is 16.7 Å². The Hall–Kier alpha value is -1.88. The van der Waals surface area contributed by atoms with E-state index in [0.717, 1.165) is 6.07 Å². The minimum Gasteiger partial charge on any atom is -0.392 e. The number of benzene rings is 1. The van der Waals surface area contributed by atoms with Gasteiger partial charge in [-0.25, -0.2) is 4.98 Å². The van der Waals surface area contributed by atoms with Crippen LogP contribution in [-0.2, 0) is 12.8 Å². The number of pyridine rings is 1. The predicted octanol–water partition coefficient (Wildman–Crippen LogP) is 3.57. The molecule has 5 heteroatoms. The summed E-state index contributed by atoms with van der Waals surface area (Å²) in [5.41, 5.74) is 0.583. The standard InChI is InChI=1S/C14H12F3NO/c1-9-7-12(14(15,16)17)18-13(11(9)8-19)10-5-3-2-4-6-10/h2-7,19H,8H2,1H3. The number of halogens is 3. The quantitative estimate of drug-likeness (QED) is 0.902. The lowest BCUT2D eigenvalue weighted by Crippen LogP contribution is -2.11. The maximum Gasteiger partial charge on any atom is 0.433 e. The molecule has 0 saturated heterocycles. The second kappa shape index (κ2) is 5.01. The Morgan fingerprint density at radius 2 is 1.79 bits per heavy atom. The smallest absolute Gasteiger partial charge is 0.392 e. The minimum absolute atomic E-state index is 0.176. The van der Waals surface area contributed by atoms with Crippen LogP contribution < -0.4 is 0 Å². The van der Waals surface area contributed by atoms with Gasteiger partial charge in [-0.05, 0) is 18.6 Å². The van der Waals surface area contributed by atoms with Crippen molar-refractivity contribution in [3.8, 4) is 11.3 Å². The van der Waals surface area contributed by atoms with Gasteiger partial charge >= 0.3 is 6.18 Å². The van der Waals surface area contributed by atoms with E-state index in [2.05, 4.69) is 4.98 Å². The molecule has 2 nitrogen and oxygen atoms in total. The summed E-state index contributed by atoms with van der Waals surface area (Å²) in [7, 11) is 0. The first kappa shape index (κ1) is 13.5. The van der Waals surface area contributed by atoms with E-state index in [1.54, 1.807) is 30.3 Å². The first-order chi connectivity index (χ1) is 8.93. The van der Waals surface area contributed by atoms with Gasteiger partial charge < -0.3 is 5.11 Å². The van der Waals surface area contributed by atoms with Gasteiger partial charge in [-0.3, -0.25) is 0 Å². The molecule has 19 heavy (non-hydrogen) atoms. The summed E-state index contributed by atoms with van der Waals surface area (Å²) in [6, 6.07) is 9.49. The second-order valence-corrected chi connectivity index (χ2v) is 4.17. The zero-order valence-corrected chi connectivity index (χ0v) is 10.2. The van der Waals surface area contributed by atoms with Gasteiger partial charge in [-0.1, -0.05) is 30.3 Å². The Morgan fingerprint density at radius 3 is 2.32 bits per heavy atom. The lowest BCUT2D eigenvalue weighted by molar-refractivity contribution is -0.141. The number of hydrogen-bond donors (Lipinski definition) is 1. The van der Waals surface area contributed by atoms with Crippen molar-refractivity contribution in [2.24, 2.45) is 0 Å². The van der Waals surface area contributed by atoms with Crippen LogP contribution in [0.3, 0.4) is 0 Å². The van der Waals surface area contributed by atoms with Gasteiger partial charge in [0.25, 0.3) is 0 Å². The number of aryl methyl sites for hydroxylation is 1. The largest absolute Gasteiger partial charge is 0.433 e. The summed E-state index contributed by atoms with van der Waals surface area (Å²) in [6.07, 6.45) is -4.50. The molecule has 0 aliphatic rings. The summed E-state index contributed by atoms with van der Waals surface area (Å²) in [5, 5.41) is 9.33. The normalized spacial score (nSPS) is 11.6. The molecule has 0 spiro atoms. The van der Waals surface area contributed by atoms with E-state index in [1.807, 2.05) is 0 Å². The maximum absolute atomic E-state index is 12.8. The van der Waals surface area contributed by atoms with Crippen LogP contribution in [0.15, 0.2) is 36.4 Å². The fourth-order valence-electron chi connectivity index (χ4n) is 1.88. The van der Waals surface area contributed by atoms with Crippen LogP contribution in [-0.4, -0.2) is 10.1 Å². The van der Waals surface area contributed by atoms with Gasteiger partial charge in [-0.2, -0.15) is 13.2 Å². The molecule has 0 radical (unpaired) electrons. The molecule has 0 aliphatic carbocycles. The number of nitrogens with zero attached hydrogens (tertiary/aromatic N) is 1. The molecular weight excluding hydrogens is 255 g/mol. The Labute approximate surface area is 108 Å². The van der Waals surface area contributed by atoms with Gasteiger partial charge in [0.1, 0.15) is 5.69 Å². The van der Waals surface area contributed by atoms with Crippen LogP contribution >= 0.6 is 0 Å². The topological polar surface area (TPSA) is 33.1 Å². The summed E-state index contributed by atoms with van der Waals surface area (Å²) in [4.78, 5) is 3.66. The third-order valence-corrected chi connectivity index (χ3v) is 2.84. The van der Waals surface area contributed by atoms with E-state index < -0.39 is 11.9 Å². The lowest BCUT2D eigenvalue weighted by atomic mass is 10.0. The molecule has 0 unspecified atom stereocenters. The molecule has 1 heterocycles. The van der Waals surface area contributed by atoms with Gasteiger partial charge in [0.2, 0.25) is 0 Å². The number of hydrogen-bond acceptors (Lipinski definition) is 2. The summed E-state index contributed by atoms with van der Waals surface area (Å²) in [6.45, 7) is 1.19. The van der Waals surface area contributed by atoms with Crippen molar-refractivity contribution in [2.75, 3.05) is 0 Å². The molecule has 0 saturated carbocycles. The molecule has 0 fully saturated rings. The monoisotopic (exact) mass is 267 g/mol. The number of aliphatic hydroxyl groups excluding tert-OH is 1. The zero-order valence-electron chi connectivity index (χ0n) is 10.2. The fraction of sp³-hybridized carbons (Fsp3) is 0.214. The van der Waals surface area contributed by atoms with Crippen molar-refractivity contribution < 1.29 is 18.3 Å². The van der Waals surface area contributed by atoms with Crippen LogP contribution in [0, 0.1) is 6.92 Å². The van der Waals surface area contributed by atoms with E-state index in [1.165, 1.54) is 6.92 Å². The first-order valence-electron chi connectivity index (χ1n) is 5.67. The van der Waals surface area contributed by atoms with Crippen molar-refractivity contribution in [2.45, 2.75) is 19.7 Å². The first-order valence-corrected chi connectivity index (χ1v) is 5.67. The van der Waals surface area contributed by atoms with Crippen LogP contribution in [0.2, 0.25) is 0 Å². The molecule has 100 valence electrons. The summed E-state index contributed by atoms with van der Waals surface area (Å²) >= 11 is 0. The molecule has 1 aromatic carbocycles. The minimum atomic E-state index is -4.50. The molecule has 0 aliphatic heterocycles. The number of aromatic nitrogens is 1. The van der Waals surface area contributed by atoms with E-state index in [4.69, 9.17) is 0 Å². The van der Waals surface area contributed by atoms with Gasteiger partial charge in [0, 0.05) is 11.1 Å². The lowest BCUT2D eigenvalue weighted by Gasteiger charge is -2.14. The van der Waals surface area contributed by atoms with Crippen molar-refractivity contribution in [3.05, 3.63) is 53.2 Å². The van der Waals surface area contributed by atoms with Crippen molar-refractivity contribution in [1.82, 2.24) is 4.98 Å². The third-order valence-electron chi connectivity index (χ3n) is 2.84. The average Bonchev–Trinajstić information content (AvgIpc) is 2.37. The maximum atomic E-state index is 12.8. The van der Waals surface area contributed by atoms with Crippen molar-refractivity contribution in [3.63, 3.8) is 0 Å². The Bertz CT molecular complexity index is 579. The highest BCUT2D eigenvalue weighted by Crippen LogP contribution is 2.32. The highest BCUT2D eigenvalue weighted by Gasteiger charge is 2.33. The van der Waals surface area contributed by atoms with Gasteiger partial charge in [0.15, 0.2) is 0 Å². The van der Waals surface area contributed by atoms with Crippen LogP contribution in [0.5, 0.6) is 0 Å². The Balaban J connectivity index is 2.67. The summed E-state index contributed by atoms with van der Waals surface area (Å²) in [5.74, 6) is 0. The SMILES string of the molecule is Cc1cc(C(F)(F)F)nc(-c2ccccc2)c1CO. The number of alkyl halides is 3. The van der Waals surface area contributed by atoms with Crippen LogP contribution in [0.4, 0.5) is 13.2 Å². The Kier molecular flexibility index (Phi) is 3.57. The molecule has 0 bridgehead atoms. The molecule has 0 atom stereocenters. The number of aliphatic hydroxyl groups is 1. The number of rotatable bonds is 2. The third kappa shape index (κ3) is 2.76. The second-order valence-electron chi connectivity index (χ2n) is 4.17. The molecule has 0 amide bonds. The van der Waals surface area contributed by atoms with Crippen molar-refractivity contribution in [1.29, 1.82) is 0 Å². The van der Waals surface area contributed by atoms with E-state index in [9.17, 15) is 18.3 Å². The zero-order chi connectivity index (χ0) is 14.0. The van der Waals surface area contributed by atoms with Gasteiger partial charge in [0.05, 0.1) is 12.3 Å². The van der Waals surface area contributed by atoms with Gasteiger partial charge in [-0.15, -0.1) is 0 Å². The van der Waals surface area contributed by atoms with Crippen LogP contribution in [0.25, 0.3) is 11.3 Å².